The molecule has 1 rings (SSSR count). The normalized spacial score (nSPS) is 10.0. The van der Waals surface area contributed by atoms with Crippen LogP contribution in [0.25, 0.3) is 0 Å². The Hall–Kier alpha value is -0.790. The first-order chi connectivity index (χ1) is 6.24. The monoisotopic (exact) mass is 195 g/mol. The maximum atomic E-state index is 6.01. The Bertz CT molecular complexity index is 294. The Morgan fingerprint density at radius 1 is 1.46 bits per heavy atom. The molecule has 0 aliphatic rings. The summed E-state index contributed by atoms with van der Waals surface area (Å²) < 4.78 is 0. The van der Waals surface area contributed by atoms with Gasteiger partial charge in [0, 0.05) is 11.6 Å². The van der Waals surface area contributed by atoms with Crippen LogP contribution in [0, 0.1) is 0 Å². The molecule has 1 nitrogen and oxygen atoms in total. The number of benzene rings is 1. The third-order valence-electron chi connectivity index (χ3n) is 1.83. The largest absolute Gasteiger partial charge is 0.316 e. The second-order valence-electron chi connectivity index (χ2n) is 3.05. The molecule has 0 bridgehead atoms. The number of likely N-dealkylation sites (N-methyl/N-ethyl adjacent to an activating group) is 1. The third-order valence-corrected chi connectivity index (χ3v) is 2.19. The molecule has 0 aromatic heterocycles. The Balaban J connectivity index is 2.63. The van der Waals surface area contributed by atoms with Gasteiger partial charge < -0.3 is 5.32 Å². The topological polar surface area (TPSA) is 12.0 Å². The fraction of sp³-hybridized carbons (Fsp3) is 0.273. The van der Waals surface area contributed by atoms with Gasteiger partial charge >= 0.3 is 0 Å². The van der Waals surface area contributed by atoms with E-state index >= 15 is 0 Å². The Kier molecular flexibility index (Phi) is 4.00. The van der Waals surface area contributed by atoms with Crippen LogP contribution in [0.15, 0.2) is 36.4 Å². The Morgan fingerprint density at radius 3 is 2.77 bits per heavy atom. The molecule has 2 heteroatoms. The summed E-state index contributed by atoms with van der Waals surface area (Å²) in [6, 6.07) is 7.87. The highest BCUT2D eigenvalue weighted by Gasteiger charge is 2.00. The van der Waals surface area contributed by atoms with Crippen molar-refractivity contribution in [1.29, 1.82) is 0 Å². The van der Waals surface area contributed by atoms with Gasteiger partial charge in [0.25, 0.3) is 0 Å². The average Bonchev–Trinajstić information content (AvgIpc) is 2.09. The van der Waals surface area contributed by atoms with Gasteiger partial charge in [-0.15, -0.1) is 0 Å². The van der Waals surface area contributed by atoms with E-state index in [0.29, 0.717) is 0 Å². The van der Waals surface area contributed by atoms with Crippen LogP contribution < -0.4 is 5.32 Å². The zero-order valence-corrected chi connectivity index (χ0v) is 8.56. The summed E-state index contributed by atoms with van der Waals surface area (Å²) in [6.07, 6.45) is 0.848. The third kappa shape index (κ3) is 3.21. The molecule has 0 spiro atoms. The van der Waals surface area contributed by atoms with E-state index in [4.69, 9.17) is 11.6 Å². The molecule has 0 saturated carbocycles. The van der Waals surface area contributed by atoms with E-state index in [1.54, 1.807) is 0 Å². The minimum atomic E-state index is 0.819. The SMILES string of the molecule is C=C(CNC)Cc1ccccc1Cl. The Labute approximate surface area is 84.4 Å². The van der Waals surface area contributed by atoms with Gasteiger partial charge in [-0.05, 0) is 25.1 Å². The van der Waals surface area contributed by atoms with Crippen LogP contribution in [0.3, 0.4) is 0 Å². The smallest absolute Gasteiger partial charge is 0.0441 e. The number of hydrogen-bond acceptors (Lipinski definition) is 1. The predicted molar refractivity (Wildman–Crippen MR) is 58.2 cm³/mol. The second-order valence-corrected chi connectivity index (χ2v) is 3.46. The van der Waals surface area contributed by atoms with Crippen LogP contribution in [0.1, 0.15) is 5.56 Å². The fourth-order valence-electron chi connectivity index (χ4n) is 1.22. The summed E-state index contributed by atoms with van der Waals surface area (Å²) >= 11 is 6.01. The Morgan fingerprint density at radius 2 is 2.15 bits per heavy atom. The second kappa shape index (κ2) is 5.05. The van der Waals surface area contributed by atoms with Crippen molar-refractivity contribution in [3.63, 3.8) is 0 Å². The number of hydrogen-bond donors (Lipinski definition) is 1. The van der Waals surface area contributed by atoms with Crippen molar-refractivity contribution in [3.8, 4) is 0 Å². The molecule has 1 aromatic carbocycles. The summed E-state index contributed by atoms with van der Waals surface area (Å²) in [6.45, 7) is 4.80. The molecule has 0 fully saturated rings. The van der Waals surface area contributed by atoms with Crippen LogP contribution >= 0.6 is 11.6 Å². The number of nitrogens with one attached hydrogen (secondary N) is 1. The van der Waals surface area contributed by atoms with Gasteiger partial charge in [-0.1, -0.05) is 42.0 Å². The molecule has 0 amide bonds. The lowest BCUT2D eigenvalue weighted by molar-refractivity contribution is 0.858. The van der Waals surface area contributed by atoms with E-state index in [2.05, 4.69) is 11.9 Å². The van der Waals surface area contributed by atoms with Crippen molar-refractivity contribution in [2.45, 2.75) is 6.42 Å². The molecule has 13 heavy (non-hydrogen) atoms. The van der Waals surface area contributed by atoms with Crippen molar-refractivity contribution in [3.05, 3.63) is 47.0 Å². The van der Waals surface area contributed by atoms with Crippen molar-refractivity contribution in [2.75, 3.05) is 13.6 Å². The van der Waals surface area contributed by atoms with Gasteiger partial charge in [0.1, 0.15) is 0 Å². The van der Waals surface area contributed by atoms with Crippen LogP contribution in [0.5, 0.6) is 0 Å². The quantitative estimate of drug-likeness (QED) is 0.729. The van der Waals surface area contributed by atoms with E-state index < -0.39 is 0 Å². The standard InChI is InChI=1S/C11H14ClN/c1-9(8-13-2)7-10-5-3-4-6-11(10)12/h3-6,13H,1,7-8H2,2H3. The van der Waals surface area contributed by atoms with E-state index in [1.165, 1.54) is 0 Å². The molecule has 0 unspecified atom stereocenters. The first kappa shape index (κ1) is 10.3. The summed E-state index contributed by atoms with van der Waals surface area (Å²) in [5, 5.41) is 3.88. The van der Waals surface area contributed by atoms with Crippen molar-refractivity contribution >= 4 is 11.6 Å². The lowest BCUT2D eigenvalue weighted by Gasteiger charge is -2.06. The molecule has 0 heterocycles. The summed E-state index contributed by atoms with van der Waals surface area (Å²) in [7, 11) is 1.91. The van der Waals surface area contributed by atoms with Gasteiger partial charge in [0.05, 0.1) is 0 Å². The summed E-state index contributed by atoms with van der Waals surface area (Å²) in [4.78, 5) is 0. The molecule has 1 N–H and O–H groups in total. The number of rotatable bonds is 4. The minimum Gasteiger partial charge on any atom is -0.316 e. The van der Waals surface area contributed by atoms with Gasteiger partial charge in [0.15, 0.2) is 0 Å². The molecular formula is C11H14ClN. The van der Waals surface area contributed by atoms with Crippen molar-refractivity contribution < 1.29 is 0 Å². The van der Waals surface area contributed by atoms with Crippen LogP contribution in [0.2, 0.25) is 5.02 Å². The first-order valence-corrected chi connectivity index (χ1v) is 4.66. The van der Waals surface area contributed by atoms with Crippen LogP contribution in [-0.4, -0.2) is 13.6 Å². The number of halogens is 1. The van der Waals surface area contributed by atoms with Gasteiger partial charge in [0.2, 0.25) is 0 Å². The highest BCUT2D eigenvalue weighted by atomic mass is 35.5. The molecule has 70 valence electrons. The van der Waals surface area contributed by atoms with E-state index in [-0.39, 0.29) is 0 Å². The van der Waals surface area contributed by atoms with E-state index in [9.17, 15) is 0 Å². The highest BCUT2D eigenvalue weighted by Crippen LogP contribution is 2.17. The summed E-state index contributed by atoms with van der Waals surface area (Å²) in [5.74, 6) is 0. The fourth-order valence-corrected chi connectivity index (χ4v) is 1.43. The zero-order chi connectivity index (χ0) is 9.68. The highest BCUT2D eigenvalue weighted by molar-refractivity contribution is 6.31. The summed E-state index contributed by atoms with van der Waals surface area (Å²) in [5.41, 5.74) is 2.29. The maximum absolute atomic E-state index is 6.01. The first-order valence-electron chi connectivity index (χ1n) is 4.28. The molecule has 0 atom stereocenters. The molecule has 1 aromatic rings. The van der Waals surface area contributed by atoms with E-state index in [0.717, 1.165) is 29.1 Å². The van der Waals surface area contributed by atoms with Crippen molar-refractivity contribution in [2.24, 2.45) is 0 Å². The molecule has 0 aliphatic carbocycles. The predicted octanol–water partition coefficient (Wildman–Crippen LogP) is 2.66. The lowest BCUT2D eigenvalue weighted by Crippen LogP contribution is -2.11. The lowest BCUT2D eigenvalue weighted by atomic mass is 10.1. The molecule has 0 saturated heterocycles. The maximum Gasteiger partial charge on any atom is 0.0441 e. The van der Waals surface area contributed by atoms with Crippen LogP contribution in [0.4, 0.5) is 0 Å². The van der Waals surface area contributed by atoms with Crippen LogP contribution in [-0.2, 0) is 6.42 Å². The molecular weight excluding hydrogens is 182 g/mol. The zero-order valence-electron chi connectivity index (χ0n) is 7.81. The van der Waals surface area contributed by atoms with Crippen molar-refractivity contribution in [1.82, 2.24) is 5.32 Å². The van der Waals surface area contributed by atoms with Gasteiger partial charge in [-0.25, -0.2) is 0 Å². The minimum absolute atomic E-state index is 0.819. The van der Waals surface area contributed by atoms with E-state index in [1.807, 2.05) is 31.3 Å². The van der Waals surface area contributed by atoms with Gasteiger partial charge in [-0.3, -0.25) is 0 Å². The molecule has 0 aliphatic heterocycles. The average molecular weight is 196 g/mol. The van der Waals surface area contributed by atoms with Gasteiger partial charge in [-0.2, -0.15) is 0 Å². The molecule has 0 radical (unpaired) electrons.